The van der Waals surface area contributed by atoms with Crippen LogP contribution in [0.2, 0.25) is 0 Å². The molecule has 0 amide bonds. The fourth-order valence-electron chi connectivity index (χ4n) is 1.68. The third kappa shape index (κ3) is 3.96. The van der Waals surface area contributed by atoms with E-state index >= 15 is 0 Å². The van der Waals surface area contributed by atoms with Crippen molar-refractivity contribution >= 4 is 28.0 Å². The molecule has 0 atom stereocenters. The van der Waals surface area contributed by atoms with E-state index in [4.69, 9.17) is 9.84 Å². The lowest BCUT2D eigenvalue weighted by atomic mass is 10.2. The van der Waals surface area contributed by atoms with Gasteiger partial charge in [0.05, 0.1) is 0 Å². The van der Waals surface area contributed by atoms with Gasteiger partial charge in [0.25, 0.3) is 0 Å². The van der Waals surface area contributed by atoms with Gasteiger partial charge < -0.3 is 9.84 Å². The average Bonchev–Trinajstić information content (AvgIpc) is 2.37. The van der Waals surface area contributed by atoms with Crippen LogP contribution in [-0.4, -0.2) is 11.1 Å². The SMILES string of the molecule is Cc1cccc(Oc2ccc(/C=C/C(=O)O)c(Br)c2)c1. The molecule has 0 bridgehead atoms. The van der Waals surface area contributed by atoms with Crippen molar-refractivity contribution in [2.24, 2.45) is 0 Å². The van der Waals surface area contributed by atoms with Gasteiger partial charge in [0, 0.05) is 10.5 Å². The molecular formula is C16H13BrO3. The topological polar surface area (TPSA) is 46.5 Å². The molecule has 4 heteroatoms. The number of benzene rings is 2. The van der Waals surface area contributed by atoms with Crippen LogP contribution in [0.1, 0.15) is 11.1 Å². The molecule has 3 nitrogen and oxygen atoms in total. The second kappa shape index (κ2) is 6.39. The van der Waals surface area contributed by atoms with Gasteiger partial charge in [-0.15, -0.1) is 0 Å². The van der Waals surface area contributed by atoms with Crippen LogP contribution in [0.5, 0.6) is 11.5 Å². The lowest BCUT2D eigenvalue weighted by Gasteiger charge is -2.08. The normalized spacial score (nSPS) is 10.7. The first kappa shape index (κ1) is 14.3. The van der Waals surface area contributed by atoms with Crippen LogP contribution in [0.25, 0.3) is 6.08 Å². The number of aryl methyl sites for hydroxylation is 1. The van der Waals surface area contributed by atoms with Crippen LogP contribution >= 0.6 is 15.9 Å². The molecule has 0 aliphatic carbocycles. The molecule has 0 heterocycles. The minimum Gasteiger partial charge on any atom is -0.478 e. The Kier molecular flexibility index (Phi) is 4.58. The zero-order chi connectivity index (χ0) is 14.5. The lowest BCUT2D eigenvalue weighted by Crippen LogP contribution is -1.88. The van der Waals surface area contributed by atoms with Gasteiger partial charge in [0.2, 0.25) is 0 Å². The molecule has 0 aliphatic rings. The van der Waals surface area contributed by atoms with Crippen LogP contribution in [0.3, 0.4) is 0 Å². The number of carboxylic acid groups (broad SMARTS) is 1. The molecule has 2 rings (SSSR count). The molecule has 20 heavy (non-hydrogen) atoms. The highest BCUT2D eigenvalue weighted by atomic mass is 79.9. The van der Waals surface area contributed by atoms with E-state index in [0.29, 0.717) is 5.75 Å². The van der Waals surface area contributed by atoms with Crippen molar-refractivity contribution in [1.82, 2.24) is 0 Å². The maximum Gasteiger partial charge on any atom is 0.328 e. The van der Waals surface area contributed by atoms with Gasteiger partial charge in [-0.3, -0.25) is 0 Å². The fraction of sp³-hybridized carbons (Fsp3) is 0.0625. The molecule has 2 aromatic rings. The summed E-state index contributed by atoms with van der Waals surface area (Å²) in [6, 6.07) is 13.2. The summed E-state index contributed by atoms with van der Waals surface area (Å²) in [7, 11) is 0. The van der Waals surface area contributed by atoms with Crippen molar-refractivity contribution in [2.45, 2.75) is 6.92 Å². The summed E-state index contributed by atoms with van der Waals surface area (Å²) in [6.45, 7) is 2.00. The van der Waals surface area contributed by atoms with Gasteiger partial charge >= 0.3 is 5.97 Å². The standard InChI is InChI=1S/C16H13BrO3/c1-11-3-2-4-13(9-11)20-14-7-5-12(15(17)10-14)6-8-16(18)19/h2-10H,1H3,(H,18,19)/b8-6+. The predicted octanol–water partition coefficient (Wildman–Crippen LogP) is 4.65. The van der Waals surface area contributed by atoms with Gasteiger partial charge in [-0.25, -0.2) is 4.79 Å². The Labute approximate surface area is 125 Å². The summed E-state index contributed by atoms with van der Waals surface area (Å²) in [5.41, 5.74) is 1.91. The molecule has 0 aliphatic heterocycles. The Hall–Kier alpha value is -2.07. The van der Waals surface area contributed by atoms with Crippen LogP contribution in [0.4, 0.5) is 0 Å². The van der Waals surface area contributed by atoms with Gasteiger partial charge in [-0.2, -0.15) is 0 Å². The van der Waals surface area contributed by atoms with Gasteiger partial charge in [0.15, 0.2) is 0 Å². The Morgan fingerprint density at radius 1 is 1.20 bits per heavy atom. The molecule has 0 radical (unpaired) electrons. The number of hydrogen-bond donors (Lipinski definition) is 1. The maximum absolute atomic E-state index is 10.5. The summed E-state index contributed by atoms with van der Waals surface area (Å²) in [5.74, 6) is 0.484. The van der Waals surface area contributed by atoms with Gasteiger partial charge in [-0.1, -0.05) is 34.1 Å². The number of aliphatic carboxylic acids is 1. The average molecular weight is 333 g/mol. The van der Waals surface area contributed by atoms with Crippen molar-refractivity contribution in [3.8, 4) is 11.5 Å². The fourth-order valence-corrected chi connectivity index (χ4v) is 2.17. The van der Waals surface area contributed by atoms with E-state index in [9.17, 15) is 4.79 Å². The van der Waals surface area contributed by atoms with E-state index in [-0.39, 0.29) is 0 Å². The van der Waals surface area contributed by atoms with Crippen molar-refractivity contribution in [1.29, 1.82) is 0 Å². The largest absolute Gasteiger partial charge is 0.478 e. The van der Waals surface area contributed by atoms with Crippen molar-refractivity contribution < 1.29 is 14.6 Å². The smallest absolute Gasteiger partial charge is 0.328 e. The Morgan fingerprint density at radius 3 is 2.60 bits per heavy atom. The van der Waals surface area contributed by atoms with E-state index in [1.165, 1.54) is 6.08 Å². The predicted molar refractivity (Wildman–Crippen MR) is 82.1 cm³/mol. The number of ether oxygens (including phenoxy) is 1. The second-order valence-corrected chi connectivity index (χ2v) is 5.13. The molecule has 0 unspecified atom stereocenters. The minimum atomic E-state index is -0.975. The second-order valence-electron chi connectivity index (χ2n) is 4.27. The van der Waals surface area contributed by atoms with Crippen molar-refractivity contribution in [3.05, 3.63) is 64.1 Å². The number of halogens is 1. The van der Waals surface area contributed by atoms with Crippen LogP contribution in [0.15, 0.2) is 53.0 Å². The number of hydrogen-bond acceptors (Lipinski definition) is 2. The first-order chi connectivity index (χ1) is 9.54. The van der Waals surface area contributed by atoms with E-state index in [1.54, 1.807) is 12.1 Å². The van der Waals surface area contributed by atoms with E-state index in [2.05, 4.69) is 15.9 Å². The van der Waals surface area contributed by atoms with Crippen molar-refractivity contribution in [3.63, 3.8) is 0 Å². The Balaban J connectivity index is 2.19. The zero-order valence-electron chi connectivity index (χ0n) is 10.8. The molecule has 0 saturated carbocycles. The Bertz CT molecular complexity index is 663. The first-order valence-corrected chi connectivity index (χ1v) is 6.79. The summed E-state index contributed by atoms with van der Waals surface area (Å²) in [6.07, 6.45) is 2.63. The summed E-state index contributed by atoms with van der Waals surface area (Å²) in [5, 5.41) is 8.61. The lowest BCUT2D eigenvalue weighted by molar-refractivity contribution is -0.131. The first-order valence-electron chi connectivity index (χ1n) is 6.00. The van der Waals surface area contributed by atoms with Crippen LogP contribution in [0, 0.1) is 6.92 Å². The number of carboxylic acids is 1. The third-order valence-corrected chi connectivity index (χ3v) is 3.29. The molecule has 0 saturated heterocycles. The minimum absolute atomic E-state index is 0.690. The quantitative estimate of drug-likeness (QED) is 0.829. The summed E-state index contributed by atoms with van der Waals surface area (Å²) in [4.78, 5) is 10.5. The van der Waals surface area contributed by atoms with Crippen LogP contribution < -0.4 is 4.74 Å². The monoisotopic (exact) mass is 332 g/mol. The highest BCUT2D eigenvalue weighted by Crippen LogP contribution is 2.28. The molecule has 102 valence electrons. The van der Waals surface area contributed by atoms with E-state index < -0.39 is 5.97 Å². The van der Waals surface area contributed by atoms with Gasteiger partial charge in [-0.05, 0) is 48.4 Å². The zero-order valence-corrected chi connectivity index (χ0v) is 12.4. The molecule has 0 aromatic heterocycles. The molecule has 0 spiro atoms. The highest BCUT2D eigenvalue weighted by molar-refractivity contribution is 9.10. The highest BCUT2D eigenvalue weighted by Gasteiger charge is 2.02. The van der Waals surface area contributed by atoms with E-state index in [0.717, 1.165) is 27.4 Å². The molecular weight excluding hydrogens is 320 g/mol. The number of rotatable bonds is 4. The molecule has 0 fully saturated rings. The van der Waals surface area contributed by atoms with Crippen LogP contribution in [-0.2, 0) is 4.79 Å². The summed E-state index contributed by atoms with van der Waals surface area (Å²) >= 11 is 3.40. The maximum atomic E-state index is 10.5. The van der Waals surface area contributed by atoms with Gasteiger partial charge in [0.1, 0.15) is 11.5 Å². The van der Waals surface area contributed by atoms with E-state index in [1.807, 2.05) is 37.3 Å². The van der Waals surface area contributed by atoms with Crippen molar-refractivity contribution in [2.75, 3.05) is 0 Å². The third-order valence-electron chi connectivity index (χ3n) is 2.60. The number of carbonyl (C=O) groups is 1. The molecule has 1 N–H and O–H groups in total. The Morgan fingerprint density at radius 2 is 1.95 bits per heavy atom. The molecule has 2 aromatic carbocycles. The summed E-state index contributed by atoms with van der Waals surface area (Å²) < 4.78 is 6.53.